The van der Waals surface area contributed by atoms with Crippen LogP contribution in [-0.2, 0) is 6.54 Å². The van der Waals surface area contributed by atoms with E-state index in [0.717, 1.165) is 31.0 Å². The zero-order chi connectivity index (χ0) is 13.1. The summed E-state index contributed by atoms with van der Waals surface area (Å²) in [6.45, 7) is 1.45. The molecule has 0 spiro atoms. The highest BCUT2D eigenvalue weighted by molar-refractivity contribution is 5.47. The van der Waals surface area contributed by atoms with Crippen molar-refractivity contribution in [1.29, 1.82) is 0 Å². The van der Waals surface area contributed by atoms with Crippen LogP contribution in [-0.4, -0.2) is 31.5 Å². The molecule has 8 nitrogen and oxygen atoms in total. The average Bonchev–Trinajstić information content (AvgIpc) is 3.17. The van der Waals surface area contributed by atoms with Crippen LogP contribution in [0.5, 0.6) is 0 Å². The van der Waals surface area contributed by atoms with Gasteiger partial charge in [0.1, 0.15) is 17.5 Å². The first-order valence-corrected chi connectivity index (χ1v) is 6.29. The van der Waals surface area contributed by atoms with E-state index in [1.165, 1.54) is 0 Å². The molecule has 2 aromatic rings. The molecule has 0 aliphatic heterocycles. The largest absolute Gasteiger partial charge is 0.368 e. The van der Waals surface area contributed by atoms with Crippen LogP contribution >= 0.6 is 0 Å². The normalized spacial score (nSPS) is 14.4. The molecule has 2 heterocycles. The minimum Gasteiger partial charge on any atom is -0.368 e. The third-order valence-corrected chi connectivity index (χ3v) is 2.95. The Balaban J connectivity index is 1.64. The molecule has 3 rings (SSSR count). The first-order valence-electron chi connectivity index (χ1n) is 6.29. The number of hydrogen-bond acceptors (Lipinski definition) is 7. The van der Waals surface area contributed by atoms with Crippen molar-refractivity contribution in [3.63, 3.8) is 0 Å². The lowest BCUT2D eigenvalue weighted by molar-refractivity contribution is 0.608. The number of anilines is 2. The lowest BCUT2D eigenvalue weighted by Crippen LogP contribution is -2.15. The number of aromatic nitrogens is 5. The van der Waals surface area contributed by atoms with Gasteiger partial charge in [-0.1, -0.05) is 5.21 Å². The molecule has 1 fully saturated rings. The number of nitrogens with two attached hydrogens (primary N) is 1. The average molecular weight is 260 g/mol. The Kier molecular flexibility index (Phi) is 3.23. The maximum Gasteiger partial charge on any atom is 0.145 e. The molecule has 0 unspecified atom stereocenters. The van der Waals surface area contributed by atoms with E-state index in [2.05, 4.69) is 31.0 Å². The standard InChI is InChI=1S/C11H16N8/c12-17-10-7-9(15-11(16-10)8-1-2-8)13-3-5-19-6-4-14-18-19/h4,6-8H,1-3,5,12H2,(H2,13,15,16,17). The predicted molar refractivity (Wildman–Crippen MR) is 70.3 cm³/mol. The van der Waals surface area contributed by atoms with Crippen molar-refractivity contribution >= 4 is 11.6 Å². The number of nitrogen functional groups attached to an aromatic ring is 1. The minimum absolute atomic E-state index is 0.490. The first-order chi connectivity index (χ1) is 9.35. The van der Waals surface area contributed by atoms with E-state index in [1.54, 1.807) is 16.9 Å². The van der Waals surface area contributed by atoms with Crippen LogP contribution in [0.25, 0.3) is 0 Å². The number of nitrogens with zero attached hydrogens (tertiary/aromatic N) is 5. The molecule has 8 heteroatoms. The van der Waals surface area contributed by atoms with Crippen LogP contribution in [0.1, 0.15) is 24.6 Å². The quantitative estimate of drug-likeness (QED) is 0.508. The molecule has 0 bridgehead atoms. The van der Waals surface area contributed by atoms with Crippen LogP contribution in [0, 0.1) is 0 Å². The molecular formula is C11H16N8. The lowest BCUT2D eigenvalue weighted by atomic mass is 10.3. The summed E-state index contributed by atoms with van der Waals surface area (Å²) < 4.78 is 1.76. The Morgan fingerprint density at radius 3 is 2.84 bits per heavy atom. The molecular weight excluding hydrogens is 244 g/mol. The van der Waals surface area contributed by atoms with Crippen LogP contribution in [0.15, 0.2) is 18.5 Å². The highest BCUT2D eigenvalue weighted by Gasteiger charge is 2.27. The summed E-state index contributed by atoms with van der Waals surface area (Å²) in [5.41, 5.74) is 2.58. The molecule has 100 valence electrons. The van der Waals surface area contributed by atoms with Crippen LogP contribution in [0.2, 0.25) is 0 Å². The Bertz CT molecular complexity index is 534. The van der Waals surface area contributed by atoms with Crippen molar-refractivity contribution in [3.8, 4) is 0 Å². The van der Waals surface area contributed by atoms with E-state index in [4.69, 9.17) is 5.84 Å². The smallest absolute Gasteiger partial charge is 0.145 e. The van der Waals surface area contributed by atoms with Crippen LogP contribution in [0.3, 0.4) is 0 Å². The van der Waals surface area contributed by atoms with Crippen molar-refractivity contribution in [2.45, 2.75) is 25.3 Å². The van der Waals surface area contributed by atoms with Gasteiger partial charge in [0, 0.05) is 24.7 Å². The van der Waals surface area contributed by atoms with E-state index in [1.807, 2.05) is 6.20 Å². The lowest BCUT2D eigenvalue weighted by Gasteiger charge is -2.09. The second-order valence-electron chi connectivity index (χ2n) is 4.51. The van der Waals surface area contributed by atoms with Gasteiger partial charge >= 0.3 is 0 Å². The molecule has 19 heavy (non-hydrogen) atoms. The van der Waals surface area contributed by atoms with Gasteiger partial charge in [0.05, 0.1) is 12.7 Å². The second-order valence-corrected chi connectivity index (χ2v) is 4.51. The van der Waals surface area contributed by atoms with E-state index < -0.39 is 0 Å². The van der Waals surface area contributed by atoms with Gasteiger partial charge in [-0.05, 0) is 12.8 Å². The molecule has 0 amide bonds. The Morgan fingerprint density at radius 1 is 1.32 bits per heavy atom. The zero-order valence-electron chi connectivity index (χ0n) is 10.5. The number of rotatable bonds is 6. The monoisotopic (exact) mass is 260 g/mol. The zero-order valence-corrected chi connectivity index (χ0v) is 10.5. The Morgan fingerprint density at radius 2 is 2.16 bits per heavy atom. The van der Waals surface area contributed by atoms with E-state index in [9.17, 15) is 0 Å². The van der Waals surface area contributed by atoms with Gasteiger partial charge in [0.15, 0.2) is 0 Å². The first kappa shape index (κ1) is 11.8. The summed E-state index contributed by atoms with van der Waals surface area (Å²) in [6.07, 6.45) is 5.80. The fourth-order valence-corrected chi connectivity index (χ4v) is 1.80. The summed E-state index contributed by atoms with van der Waals surface area (Å²) in [7, 11) is 0. The second kappa shape index (κ2) is 5.19. The maximum absolute atomic E-state index is 5.42. The van der Waals surface area contributed by atoms with Crippen molar-refractivity contribution in [1.82, 2.24) is 25.0 Å². The molecule has 0 atom stereocenters. The summed E-state index contributed by atoms with van der Waals surface area (Å²) in [5, 5.41) is 10.9. The minimum atomic E-state index is 0.490. The summed E-state index contributed by atoms with van der Waals surface area (Å²) in [6, 6.07) is 1.80. The van der Waals surface area contributed by atoms with Crippen molar-refractivity contribution in [3.05, 3.63) is 24.3 Å². The predicted octanol–water partition coefficient (Wildman–Crippen LogP) is 0.343. The number of hydrogen-bond donors (Lipinski definition) is 3. The highest BCUT2D eigenvalue weighted by atomic mass is 15.4. The molecule has 0 radical (unpaired) electrons. The third kappa shape index (κ3) is 2.97. The number of hydrazine groups is 1. The van der Waals surface area contributed by atoms with Gasteiger partial charge in [-0.25, -0.2) is 15.8 Å². The maximum atomic E-state index is 5.42. The van der Waals surface area contributed by atoms with E-state index in [-0.39, 0.29) is 0 Å². The Hall–Kier alpha value is -2.22. The molecule has 0 saturated heterocycles. The van der Waals surface area contributed by atoms with E-state index in [0.29, 0.717) is 18.3 Å². The van der Waals surface area contributed by atoms with Crippen LogP contribution < -0.4 is 16.6 Å². The van der Waals surface area contributed by atoms with Gasteiger partial charge in [0.2, 0.25) is 0 Å². The molecule has 1 aliphatic carbocycles. The van der Waals surface area contributed by atoms with Gasteiger partial charge < -0.3 is 10.7 Å². The topological polar surface area (TPSA) is 107 Å². The Labute approximate surface area is 110 Å². The van der Waals surface area contributed by atoms with Crippen molar-refractivity contribution in [2.75, 3.05) is 17.3 Å². The van der Waals surface area contributed by atoms with Gasteiger partial charge in [0.25, 0.3) is 0 Å². The highest BCUT2D eigenvalue weighted by Crippen LogP contribution is 2.38. The summed E-state index contributed by atoms with van der Waals surface area (Å²) >= 11 is 0. The summed E-state index contributed by atoms with van der Waals surface area (Å²) in [5.74, 6) is 8.19. The van der Waals surface area contributed by atoms with E-state index >= 15 is 0 Å². The molecule has 1 saturated carbocycles. The molecule has 0 aromatic carbocycles. The molecule has 2 aromatic heterocycles. The molecule has 4 N–H and O–H groups in total. The fourth-order valence-electron chi connectivity index (χ4n) is 1.80. The van der Waals surface area contributed by atoms with Crippen molar-refractivity contribution in [2.24, 2.45) is 5.84 Å². The van der Waals surface area contributed by atoms with Crippen molar-refractivity contribution < 1.29 is 0 Å². The summed E-state index contributed by atoms with van der Waals surface area (Å²) in [4.78, 5) is 8.86. The third-order valence-electron chi connectivity index (χ3n) is 2.95. The van der Waals surface area contributed by atoms with Crippen LogP contribution in [0.4, 0.5) is 11.6 Å². The SMILES string of the molecule is NNc1cc(NCCn2ccnn2)nc(C2CC2)n1. The van der Waals surface area contributed by atoms with Gasteiger partial charge in [-0.3, -0.25) is 4.68 Å². The number of nitrogens with one attached hydrogen (secondary N) is 2. The molecule has 1 aliphatic rings. The van der Waals surface area contributed by atoms with Gasteiger partial charge in [-0.15, -0.1) is 5.10 Å². The fraction of sp³-hybridized carbons (Fsp3) is 0.455. The van der Waals surface area contributed by atoms with Gasteiger partial charge in [-0.2, -0.15) is 0 Å².